The molecule has 0 aromatic heterocycles. The molecule has 58 valence electrons. The fraction of sp³-hybridized carbons (Fsp3) is 0.833. The molecule has 0 spiro atoms. The van der Waals surface area contributed by atoms with Crippen LogP contribution in [0, 0.1) is 6.42 Å². The predicted molar refractivity (Wildman–Crippen MR) is 34.8 cm³/mol. The molecule has 10 heavy (non-hydrogen) atoms. The Morgan fingerprint density at radius 1 is 1.40 bits per heavy atom. The van der Waals surface area contributed by atoms with Crippen LogP contribution in [0.4, 0.5) is 13.2 Å². The van der Waals surface area contributed by atoms with Gasteiger partial charge in [0.25, 0.3) is 0 Å². The van der Waals surface area contributed by atoms with Gasteiger partial charge in [0.15, 0.2) is 0 Å². The van der Waals surface area contributed by atoms with E-state index in [2.05, 4.69) is 6.42 Å². The lowest BCUT2D eigenvalue weighted by Crippen LogP contribution is -2.28. The number of alkyl halides is 3. The SMILES string of the molecule is FC(F)(F)C1C[C]CCS1. The molecule has 1 rings (SSSR count). The minimum absolute atomic E-state index is 0.0637. The zero-order chi connectivity index (χ0) is 7.61. The van der Waals surface area contributed by atoms with E-state index in [1.807, 2.05) is 0 Å². The van der Waals surface area contributed by atoms with E-state index in [-0.39, 0.29) is 6.42 Å². The minimum atomic E-state index is -4.03. The minimum Gasteiger partial charge on any atom is -0.170 e. The van der Waals surface area contributed by atoms with Crippen LogP contribution in [-0.4, -0.2) is 17.2 Å². The van der Waals surface area contributed by atoms with Gasteiger partial charge in [-0.25, -0.2) is 0 Å². The molecule has 0 aliphatic carbocycles. The molecule has 4 heteroatoms. The van der Waals surface area contributed by atoms with E-state index >= 15 is 0 Å². The largest absolute Gasteiger partial charge is 0.400 e. The summed E-state index contributed by atoms with van der Waals surface area (Å²) in [5.41, 5.74) is 0. The summed E-state index contributed by atoms with van der Waals surface area (Å²) in [5.74, 6) is 0.560. The number of halogens is 3. The molecule has 0 amide bonds. The van der Waals surface area contributed by atoms with Crippen molar-refractivity contribution in [2.45, 2.75) is 24.3 Å². The third kappa shape index (κ3) is 2.08. The molecule has 2 radical (unpaired) electrons. The van der Waals surface area contributed by atoms with Crippen LogP contribution >= 0.6 is 11.8 Å². The Morgan fingerprint density at radius 3 is 2.40 bits per heavy atom. The lowest BCUT2D eigenvalue weighted by atomic mass is 10.2. The third-order valence-corrected chi connectivity index (χ3v) is 2.57. The van der Waals surface area contributed by atoms with Crippen molar-refractivity contribution in [1.29, 1.82) is 0 Å². The molecule has 1 unspecified atom stereocenters. The number of rotatable bonds is 0. The molecule has 1 heterocycles. The Kier molecular flexibility index (Phi) is 2.50. The van der Waals surface area contributed by atoms with Gasteiger partial charge in [-0.2, -0.15) is 13.2 Å². The second kappa shape index (κ2) is 3.03. The van der Waals surface area contributed by atoms with Crippen LogP contribution in [0.5, 0.6) is 0 Å². The Labute approximate surface area is 62.2 Å². The third-order valence-electron chi connectivity index (χ3n) is 1.29. The molecule has 0 saturated carbocycles. The molecule has 1 fully saturated rings. The lowest BCUT2D eigenvalue weighted by molar-refractivity contribution is -0.128. The maximum Gasteiger partial charge on any atom is 0.400 e. The second-order valence-electron chi connectivity index (χ2n) is 2.11. The standard InChI is InChI=1S/C6H7F3S/c7-6(8,9)5-3-1-2-4-10-5/h5H,2-4H2. The van der Waals surface area contributed by atoms with Gasteiger partial charge in [0, 0.05) is 0 Å². The Bertz CT molecular complexity index is 104. The van der Waals surface area contributed by atoms with Crippen molar-refractivity contribution < 1.29 is 13.2 Å². The summed E-state index contributed by atoms with van der Waals surface area (Å²) >= 11 is 0.983. The topological polar surface area (TPSA) is 0 Å². The van der Waals surface area contributed by atoms with Crippen LogP contribution in [0.3, 0.4) is 0 Å². The zero-order valence-electron chi connectivity index (χ0n) is 5.24. The molecule has 0 aromatic carbocycles. The van der Waals surface area contributed by atoms with Gasteiger partial charge in [0.1, 0.15) is 5.25 Å². The first-order chi connectivity index (χ1) is 4.61. The number of hydrogen-bond donors (Lipinski definition) is 0. The molecule has 1 aliphatic heterocycles. The van der Waals surface area contributed by atoms with Crippen molar-refractivity contribution >= 4 is 11.8 Å². The molecule has 1 aliphatic rings. The van der Waals surface area contributed by atoms with Gasteiger partial charge in [0.05, 0.1) is 0 Å². The second-order valence-corrected chi connectivity index (χ2v) is 3.42. The molecule has 0 aromatic rings. The van der Waals surface area contributed by atoms with Crippen LogP contribution in [-0.2, 0) is 0 Å². The summed E-state index contributed by atoms with van der Waals surface area (Å²) in [7, 11) is 0. The average molecular weight is 168 g/mol. The van der Waals surface area contributed by atoms with Gasteiger partial charge in [-0.3, -0.25) is 0 Å². The Morgan fingerprint density at radius 2 is 2.10 bits per heavy atom. The van der Waals surface area contributed by atoms with Gasteiger partial charge in [-0.1, -0.05) is 0 Å². The van der Waals surface area contributed by atoms with E-state index in [0.717, 1.165) is 11.8 Å². The normalized spacial score (nSPS) is 28.5. The zero-order valence-corrected chi connectivity index (χ0v) is 6.06. The maximum atomic E-state index is 11.9. The molecule has 0 bridgehead atoms. The molecular formula is C6H7F3S. The van der Waals surface area contributed by atoms with E-state index in [1.165, 1.54) is 0 Å². The van der Waals surface area contributed by atoms with Crippen molar-refractivity contribution in [3.63, 3.8) is 0 Å². The van der Waals surface area contributed by atoms with E-state index in [9.17, 15) is 13.2 Å². The maximum absolute atomic E-state index is 11.9. The summed E-state index contributed by atoms with van der Waals surface area (Å²) in [6.07, 6.45) is -0.574. The smallest absolute Gasteiger partial charge is 0.170 e. The average Bonchev–Trinajstić information content (AvgIpc) is 1.88. The van der Waals surface area contributed by atoms with Gasteiger partial charge in [-0.15, -0.1) is 11.8 Å². The van der Waals surface area contributed by atoms with Gasteiger partial charge < -0.3 is 0 Å². The van der Waals surface area contributed by atoms with Gasteiger partial charge in [-0.05, 0) is 25.0 Å². The quantitative estimate of drug-likeness (QED) is 0.535. The molecule has 1 saturated heterocycles. The first kappa shape index (κ1) is 8.24. The highest BCUT2D eigenvalue weighted by Crippen LogP contribution is 2.36. The highest BCUT2D eigenvalue weighted by Gasteiger charge is 2.40. The van der Waals surface area contributed by atoms with Crippen molar-refractivity contribution in [1.82, 2.24) is 0 Å². The molecule has 0 nitrogen and oxygen atoms in total. The number of thioether (sulfide) groups is 1. The van der Waals surface area contributed by atoms with Crippen LogP contribution in [0.2, 0.25) is 0 Å². The van der Waals surface area contributed by atoms with Crippen LogP contribution < -0.4 is 0 Å². The Hall–Kier alpha value is 0.140. The summed E-state index contributed by atoms with van der Waals surface area (Å²) in [6, 6.07) is 0. The monoisotopic (exact) mass is 168 g/mol. The highest BCUT2D eigenvalue weighted by molar-refractivity contribution is 8.00. The first-order valence-corrected chi connectivity index (χ1v) is 4.04. The van der Waals surface area contributed by atoms with Crippen molar-refractivity contribution in [3.05, 3.63) is 6.42 Å². The lowest BCUT2D eigenvalue weighted by Gasteiger charge is -2.22. The fourth-order valence-electron chi connectivity index (χ4n) is 0.776. The van der Waals surface area contributed by atoms with Crippen LogP contribution in [0.15, 0.2) is 0 Å². The molecule has 1 atom stereocenters. The van der Waals surface area contributed by atoms with Crippen LogP contribution in [0.25, 0.3) is 0 Å². The molecular weight excluding hydrogens is 161 g/mol. The van der Waals surface area contributed by atoms with E-state index in [0.29, 0.717) is 12.2 Å². The predicted octanol–water partition coefficient (Wildman–Crippen LogP) is 2.53. The van der Waals surface area contributed by atoms with E-state index < -0.39 is 11.4 Å². The van der Waals surface area contributed by atoms with Crippen molar-refractivity contribution in [2.24, 2.45) is 0 Å². The van der Waals surface area contributed by atoms with Crippen LogP contribution in [0.1, 0.15) is 12.8 Å². The van der Waals surface area contributed by atoms with Crippen molar-refractivity contribution in [2.75, 3.05) is 5.75 Å². The van der Waals surface area contributed by atoms with E-state index in [1.54, 1.807) is 0 Å². The highest BCUT2D eigenvalue weighted by atomic mass is 32.2. The van der Waals surface area contributed by atoms with Gasteiger partial charge >= 0.3 is 6.18 Å². The summed E-state index contributed by atoms with van der Waals surface area (Å²) in [5, 5.41) is -1.19. The molecule has 0 N–H and O–H groups in total. The summed E-state index contributed by atoms with van der Waals surface area (Å²) in [6.45, 7) is 0. The number of hydrogen-bond acceptors (Lipinski definition) is 1. The van der Waals surface area contributed by atoms with E-state index in [4.69, 9.17) is 0 Å². The summed E-state index contributed by atoms with van der Waals surface area (Å²) in [4.78, 5) is 0. The Balaban J connectivity index is 2.39. The van der Waals surface area contributed by atoms with Gasteiger partial charge in [0.2, 0.25) is 0 Å². The fourth-order valence-corrected chi connectivity index (χ4v) is 1.75. The summed E-state index contributed by atoms with van der Waals surface area (Å²) < 4.78 is 35.6. The first-order valence-electron chi connectivity index (χ1n) is 3.00. The van der Waals surface area contributed by atoms with Crippen molar-refractivity contribution in [3.8, 4) is 0 Å².